The lowest BCUT2D eigenvalue weighted by Gasteiger charge is -2.31. The van der Waals surface area contributed by atoms with Gasteiger partial charge in [0.25, 0.3) is 0 Å². The van der Waals surface area contributed by atoms with E-state index in [1.54, 1.807) is 0 Å². The number of carbonyl (C=O) groups is 1. The molecule has 0 aromatic carbocycles. The van der Waals surface area contributed by atoms with Crippen molar-refractivity contribution >= 4 is 5.97 Å². The first-order chi connectivity index (χ1) is 8.27. The SMILES string of the molecule is CCOCCCN1CCC[C@H](C(=O)OCC)C1. The van der Waals surface area contributed by atoms with Crippen molar-refractivity contribution in [3.63, 3.8) is 0 Å². The molecular formula is C13H25NO3. The Balaban J connectivity index is 2.21. The Morgan fingerprint density at radius 1 is 1.35 bits per heavy atom. The first-order valence-electron chi connectivity index (χ1n) is 6.74. The minimum absolute atomic E-state index is 0.0259. The number of likely N-dealkylation sites (tertiary alicyclic amines) is 1. The van der Waals surface area contributed by atoms with E-state index in [-0.39, 0.29) is 11.9 Å². The van der Waals surface area contributed by atoms with Crippen molar-refractivity contribution in [3.8, 4) is 0 Å². The zero-order valence-corrected chi connectivity index (χ0v) is 11.1. The lowest BCUT2D eigenvalue weighted by Crippen LogP contribution is -2.40. The van der Waals surface area contributed by atoms with Crippen LogP contribution in [0.1, 0.15) is 33.1 Å². The summed E-state index contributed by atoms with van der Waals surface area (Å²) in [6.45, 7) is 8.93. The van der Waals surface area contributed by atoms with Crippen molar-refractivity contribution in [1.29, 1.82) is 0 Å². The summed E-state index contributed by atoms with van der Waals surface area (Å²) in [5.41, 5.74) is 0. The number of hydrogen-bond donors (Lipinski definition) is 0. The average Bonchev–Trinajstić information content (AvgIpc) is 2.35. The number of rotatable bonds is 7. The molecule has 1 atom stereocenters. The monoisotopic (exact) mass is 243 g/mol. The van der Waals surface area contributed by atoms with Crippen LogP contribution in [0.15, 0.2) is 0 Å². The van der Waals surface area contributed by atoms with Gasteiger partial charge < -0.3 is 14.4 Å². The summed E-state index contributed by atoms with van der Waals surface area (Å²) >= 11 is 0. The van der Waals surface area contributed by atoms with E-state index in [0.717, 1.165) is 52.1 Å². The van der Waals surface area contributed by atoms with E-state index in [0.29, 0.717) is 6.61 Å². The summed E-state index contributed by atoms with van der Waals surface area (Å²) in [6, 6.07) is 0. The van der Waals surface area contributed by atoms with Crippen LogP contribution in [0, 0.1) is 5.92 Å². The van der Waals surface area contributed by atoms with Crippen molar-refractivity contribution in [2.75, 3.05) is 39.5 Å². The highest BCUT2D eigenvalue weighted by molar-refractivity contribution is 5.72. The molecule has 1 aliphatic rings. The summed E-state index contributed by atoms with van der Waals surface area (Å²) < 4.78 is 10.4. The molecule has 0 spiro atoms. The molecular weight excluding hydrogens is 218 g/mol. The van der Waals surface area contributed by atoms with Crippen LogP contribution in [0.25, 0.3) is 0 Å². The van der Waals surface area contributed by atoms with Gasteiger partial charge in [-0.1, -0.05) is 0 Å². The topological polar surface area (TPSA) is 38.8 Å². The third kappa shape index (κ3) is 5.50. The standard InChI is InChI=1S/C13H25NO3/c1-3-16-10-6-9-14-8-5-7-12(11-14)13(15)17-4-2/h12H,3-11H2,1-2H3/t12-/m0/s1. The fourth-order valence-corrected chi connectivity index (χ4v) is 2.25. The van der Waals surface area contributed by atoms with Gasteiger partial charge in [-0.05, 0) is 39.7 Å². The predicted octanol–water partition coefficient (Wildman–Crippen LogP) is 1.69. The summed E-state index contributed by atoms with van der Waals surface area (Å²) in [4.78, 5) is 14.0. The molecule has 0 unspecified atom stereocenters. The molecule has 0 amide bonds. The zero-order chi connectivity index (χ0) is 12.5. The molecule has 0 aliphatic carbocycles. The number of nitrogens with zero attached hydrogens (tertiary/aromatic N) is 1. The summed E-state index contributed by atoms with van der Waals surface area (Å²) in [6.07, 6.45) is 3.11. The van der Waals surface area contributed by atoms with E-state index >= 15 is 0 Å². The molecule has 4 heteroatoms. The largest absolute Gasteiger partial charge is 0.466 e. The molecule has 0 radical (unpaired) electrons. The molecule has 17 heavy (non-hydrogen) atoms. The van der Waals surface area contributed by atoms with E-state index in [2.05, 4.69) is 4.90 Å². The van der Waals surface area contributed by atoms with Crippen LogP contribution in [0.5, 0.6) is 0 Å². The molecule has 100 valence electrons. The first kappa shape index (κ1) is 14.5. The van der Waals surface area contributed by atoms with Gasteiger partial charge in [-0.15, -0.1) is 0 Å². The summed E-state index contributed by atoms with van der Waals surface area (Å²) in [5, 5.41) is 0. The fourth-order valence-electron chi connectivity index (χ4n) is 2.25. The van der Waals surface area contributed by atoms with E-state index in [4.69, 9.17) is 9.47 Å². The van der Waals surface area contributed by atoms with Crippen molar-refractivity contribution in [2.24, 2.45) is 5.92 Å². The van der Waals surface area contributed by atoms with E-state index in [9.17, 15) is 4.79 Å². The molecule has 0 aromatic rings. The maximum atomic E-state index is 11.6. The Bertz CT molecular complexity index is 221. The highest BCUT2D eigenvalue weighted by Crippen LogP contribution is 2.17. The normalized spacial score (nSPS) is 21.4. The molecule has 0 saturated carbocycles. The van der Waals surface area contributed by atoms with Crippen molar-refractivity contribution in [1.82, 2.24) is 4.90 Å². The van der Waals surface area contributed by atoms with Gasteiger partial charge in [0.1, 0.15) is 0 Å². The van der Waals surface area contributed by atoms with Crippen LogP contribution in [0.4, 0.5) is 0 Å². The second-order valence-corrected chi connectivity index (χ2v) is 4.44. The fraction of sp³-hybridized carbons (Fsp3) is 0.923. The molecule has 1 saturated heterocycles. The Hall–Kier alpha value is -0.610. The van der Waals surface area contributed by atoms with Crippen LogP contribution in [-0.4, -0.2) is 50.3 Å². The molecule has 1 fully saturated rings. The number of carbonyl (C=O) groups excluding carboxylic acids is 1. The zero-order valence-electron chi connectivity index (χ0n) is 11.1. The van der Waals surface area contributed by atoms with Gasteiger partial charge in [0.2, 0.25) is 0 Å². The third-order valence-corrected chi connectivity index (χ3v) is 3.09. The minimum atomic E-state index is -0.0259. The molecule has 1 heterocycles. The Labute approximate surface area is 104 Å². The molecule has 0 bridgehead atoms. The lowest BCUT2D eigenvalue weighted by atomic mass is 9.98. The second-order valence-electron chi connectivity index (χ2n) is 4.44. The van der Waals surface area contributed by atoms with Crippen LogP contribution in [0.3, 0.4) is 0 Å². The number of esters is 1. The van der Waals surface area contributed by atoms with Crippen molar-refractivity contribution < 1.29 is 14.3 Å². The molecule has 0 aromatic heterocycles. The van der Waals surface area contributed by atoms with Gasteiger partial charge in [0, 0.05) is 26.3 Å². The lowest BCUT2D eigenvalue weighted by molar-refractivity contribution is -0.149. The van der Waals surface area contributed by atoms with Gasteiger partial charge in [-0.3, -0.25) is 4.79 Å². The predicted molar refractivity (Wildman–Crippen MR) is 66.9 cm³/mol. The van der Waals surface area contributed by atoms with E-state index in [1.165, 1.54) is 0 Å². The number of ether oxygens (including phenoxy) is 2. The van der Waals surface area contributed by atoms with E-state index < -0.39 is 0 Å². The third-order valence-electron chi connectivity index (χ3n) is 3.09. The first-order valence-corrected chi connectivity index (χ1v) is 6.74. The van der Waals surface area contributed by atoms with Crippen molar-refractivity contribution in [3.05, 3.63) is 0 Å². The Morgan fingerprint density at radius 2 is 2.18 bits per heavy atom. The van der Waals surface area contributed by atoms with Gasteiger partial charge in [0.15, 0.2) is 0 Å². The smallest absolute Gasteiger partial charge is 0.310 e. The number of piperidine rings is 1. The maximum Gasteiger partial charge on any atom is 0.310 e. The van der Waals surface area contributed by atoms with Gasteiger partial charge in [0.05, 0.1) is 12.5 Å². The number of hydrogen-bond acceptors (Lipinski definition) is 4. The van der Waals surface area contributed by atoms with Gasteiger partial charge in [-0.25, -0.2) is 0 Å². The van der Waals surface area contributed by atoms with Crippen LogP contribution < -0.4 is 0 Å². The Morgan fingerprint density at radius 3 is 2.88 bits per heavy atom. The van der Waals surface area contributed by atoms with Crippen molar-refractivity contribution in [2.45, 2.75) is 33.1 Å². The molecule has 4 nitrogen and oxygen atoms in total. The van der Waals surface area contributed by atoms with E-state index in [1.807, 2.05) is 13.8 Å². The quantitative estimate of drug-likeness (QED) is 0.504. The highest BCUT2D eigenvalue weighted by Gasteiger charge is 2.26. The average molecular weight is 243 g/mol. The van der Waals surface area contributed by atoms with Gasteiger partial charge in [-0.2, -0.15) is 0 Å². The maximum absolute atomic E-state index is 11.6. The van der Waals surface area contributed by atoms with Crippen LogP contribution in [-0.2, 0) is 14.3 Å². The van der Waals surface area contributed by atoms with Gasteiger partial charge >= 0.3 is 5.97 Å². The van der Waals surface area contributed by atoms with Crippen LogP contribution >= 0.6 is 0 Å². The van der Waals surface area contributed by atoms with Crippen LogP contribution in [0.2, 0.25) is 0 Å². The Kier molecular flexibility index (Phi) is 7.21. The molecule has 1 rings (SSSR count). The second kappa shape index (κ2) is 8.48. The minimum Gasteiger partial charge on any atom is -0.466 e. The molecule has 0 N–H and O–H groups in total. The highest BCUT2D eigenvalue weighted by atomic mass is 16.5. The summed E-state index contributed by atoms with van der Waals surface area (Å²) in [5.74, 6) is 0.0535. The molecule has 1 aliphatic heterocycles. The summed E-state index contributed by atoms with van der Waals surface area (Å²) in [7, 11) is 0.